The van der Waals surface area contributed by atoms with Crippen molar-refractivity contribution in [1.29, 1.82) is 0 Å². The van der Waals surface area contributed by atoms with Crippen LogP contribution in [0.1, 0.15) is 17.3 Å². The summed E-state index contributed by atoms with van der Waals surface area (Å²) in [4.78, 5) is 4.29. The van der Waals surface area contributed by atoms with Crippen molar-refractivity contribution in [3.63, 3.8) is 0 Å². The van der Waals surface area contributed by atoms with E-state index in [4.69, 9.17) is 22.1 Å². The molecule has 1 unspecified atom stereocenters. The fraction of sp³-hybridized carbons (Fsp3) is 0.154. The van der Waals surface area contributed by atoms with E-state index in [1.807, 2.05) is 24.3 Å². The van der Waals surface area contributed by atoms with Crippen LogP contribution in [0.15, 0.2) is 41.0 Å². The lowest BCUT2D eigenvalue weighted by Crippen LogP contribution is -2.13. The molecule has 1 atom stereocenters. The van der Waals surface area contributed by atoms with Gasteiger partial charge in [-0.2, -0.15) is 0 Å². The van der Waals surface area contributed by atoms with Crippen molar-refractivity contribution in [3.05, 3.63) is 57.3 Å². The minimum Gasteiger partial charge on any atom is -0.495 e. The van der Waals surface area contributed by atoms with E-state index in [0.29, 0.717) is 10.8 Å². The molecule has 0 saturated heterocycles. The Morgan fingerprint density at radius 3 is 2.72 bits per heavy atom. The zero-order valence-electron chi connectivity index (χ0n) is 9.73. The summed E-state index contributed by atoms with van der Waals surface area (Å²) in [6.45, 7) is 0. The molecular weight excluding hydrogens is 316 g/mol. The number of pyridine rings is 1. The molecule has 0 saturated carbocycles. The average Bonchev–Trinajstić information content (AvgIpc) is 2.39. The zero-order valence-corrected chi connectivity index (χ0v) is 12.1. The average molecular weight is 328 g/mol. The molecule has 1 aromatic carbocycles. The first-order chi connectivity index (χ1) is 8.61. The van der Waals surface area contributed by atoms with Gasteiger partial charge < -0.3 is 10.5 Å². The predicted octanol–water partition coefficient (Wildman–Crippen LogP) is 3.55. The zero-order chi connectivity index (χ0) is 13.1. The maximum atomic E-state index is 6.16. The van der Waals surface area contributed by atoms with E-state index in [-0.39, 0.29) is 6.04 Å². The summed E-state index contributed by atoms with van der Waals surface area (Å²) in [5.41, 5.74) is 7.87. The van der Waals surface area contributed by atoms with Crippen LogP contribution < -0.4 is 10.5 Å². The number of nitrogens with zero attached hydrogens (tertiary/aromatic N) is 1. The third-order valence-corrected chi connectivity index (χ3v) is 3.38. The van der Waals surface area contributed by atoms with Gasteiger partial charge in [-0.3, -0.25) is 4.98 Å². The molecule has 0 bridgehead atoms. The van der Waals surface area contributed by atoms with Crippen LogP contribution in [0.3, 0.4) is 0 Å². The van der Waals surface area contributed by atoms with Crippen LogP contribution in [0, 0.1) is 0 Å². The van der Waals surface area contributed by atoms with Crippen molar-refractivity contribution in [1.82, 2.24) is 4.98 Å². The van der Waals surface area contributed by atoms with Crippen LogP contribution in [-0.2, 0) is 0 Å². The first-order valence-corrected chi connectivity index (χ1v) is 6.49. The third kappa shape index (κ3) is 2.83. The molecule has 18 heavy (non-hydrogen) atoms. The molecule has 3 nitrogen and oxygen atoms in total. The number of hydrogen-bond acceptors (Lipinski definition) is 3. The molecular formula is C13H12BrClN2O. The van der Waals surface area contributed by atoms with Crippen LogP contribution >= 0.6 is 27.5 Å². The number of rotatable bonds is 3. The highest BCUT2D eigenvalue weighted by Gasteiger charge is 2.12. The normalized spacial score (nSPS) is 12.2. The summed E-state index contributed by atoms with van der Waals surface area (Å²) in [6.07, 6.45) is 1.72. The molecule has 0 radical (unpaired) electrons. The lowest BCUT2D eigenvalue weighted by molar-refractivity contribution is 0.414. The van der Waals surface area contributed by atoms with Crippen molar-refractivity contribution in [2.75, 3.05) is 7.11 Å². The molecule has 0 fully saturated rings. The number of benzene rings is 1. The van der Waals surface area contributed by atoms with E-state index in [1.54, 1.807) is 19.4 Å². The highest BCUT2D eigenvalue weighted by atomic mass is 79.9. The summed E-state index contributed by atoms with van der Waals surface area (Å²) in [5, 5.41) is 0.567. The highest BCUT2D eigenvalue weighted by Crippen LogP contribution is 2.29. The van der Waals surface area contributed by atoms with E-state index < -0.39 is 0 Å². The van der Waals surface area contributed by atoms with Gasteiger partial charge in [-0.25, -0.2) is 0 Å². The summed E-state index contributed by atoms with van der Waals surface area (Å²) in [6, 6.07) is 8.97. The maximum Gasteiger partial charge on any atom is 0.137 e. The number of aromatic nitrogens is 1. The van der Waals surface area contributed by atoms with Crippen molar-refractivity contribution < 1.29 is 4.74 Å². The largest absolute Gasteiger partial charge is 0.495 e. The van der Waals surface area contributed by atoms with E-state index in [0.717, 1.165) is 15.7 Å². The van der Waals surface area contributed by atoms with E-state index in [1.165, 1.54) is 0 Å². The summed E-state index contributed by atoms with van der Waals surface area (Å²) in [7, 11) is 1.58. The van der Waals surface area contributed by atoms with Gasteiger partial charge in [-0.15, -0.1) is 0 Å². The molecule has 0 aliphatic heterocycles. The van der Waals surface area contributed by atoms with E-state index in [9.17, 15) is 0 Å². The molecule has 2 aromatic rings. The van der Waals surface area contributed by atoms with Gasteiger partial charge in [0.05, 0.1) is 23.9 Å². The molecule has 2 N–H and O–H groups in total. The van der Waals surface area contributed by atoms with Gasteiger partial charge >= 0.3 is 0 Å². The first kappa shape index (κ1) is 13.3. The monoisotopic (exact) mass is 326 g/mol. The van der Waals surface area contributed by atoms with Crippen molar-refractivity contribution in [2.45, 2.75) is 6.04 Å². The Kier molecular flexibility index (Phi) is 4.22. The number of methoxy groups -OCH3 is 1. The molecule has 94 valence electrons. The minimum atomic E-state index is -0.302. The number of hydrogen-bond donors (Lipinski definition) is 1. The van der Waals surface area contributed by atoms with Gasteiger partial charge in [0.25, 0.3) is 0 Å². The molecule has 5 heteroatoms. The molecule has 1 aromatic heterocycles. The molecule has 0 aliphatic carbocycles. The Morgan fingerprint density at radius 2 is 2.11 bits per heavy atom. The summed E-state index contributed by atoms with van der Waals surface area (Å²) < 4.78 is 6.10. The second-order valence-corrected chi connectivity index (χ2v) is 5.10. The van der Waals surface area contributed by atoms with Crippen molar-refractivity contribution in [3.8, 4) is 5.75 Å². The minimum absolute atomic E-state index is 0.302. The predicted molar refractivity (Wildman–Crippen MR) is 76.0 cm³/mol. The van der Waals surface area contributed by atoms with Crippen LogP contribution in [0.4, 0.5) is 0 Å². The van der Waals surface area contributed by atoms with Gasteiger partial charge in [-0.1, -0.05) is 17.7 Å². The van der Waals surface area contributed by atoms with Crippen LogP contribution in [0.2, 0.25) is 5.02 Å². The number of ether oxygens (including phenoxy) is 1. The van der Waals surface area contributed by atoms with Crippen LogP contribution in [-0.4, -0.2) is 12.1 Å². The van der Waals surface area contributed by atoms with E-state index in [2.05, 4.69) is 20.9 Å². The Labute approximate surface area is 119 Å². The van der Waals surface area contributed by atoms with E-state index >= 15 is 0 Å². The SMILES string of the molecule is COc1cc(C(N)c2ccc(Br)cn2)ccc1Cl. The van der Waals surface area contributed by atoms with Gasteiger partial charge in [0.1, 0.15) is 5.75 Å². The number of nitrogens with two attached hydrogens (primary N) is 1. The fourth-order valence-electron chi connectivity index (χ4n) is 1.61. The highest BCUT2D eigenvalue weighted by molar-refractivity contribution is 9.10. The maximum absolute atomic E-state index is 6.16. The summed E-state index contributed by atoms with van der Waals surface area (Å²) in [5.74, 6) is 0.613. The Hall–Kier alpha value is -1.10. The second kappa shape index (κ2) is 5.69. The molecule has 0 aliphatic rings. The topological polar surface area (TPSA) is 48.1 Å². The molecule has 0 spiro atoms. The standard InChI is InChI=1S/C13H12BrClN2O/c1-18-12-6-8(2-4-10(12)15)13(16)11-5-3-9(14)7-17-11/h2-7,13H,16H2,1H3. The Bertz CT molecular complexity index is 545. The van der Waals surface area contributed by atoms with Crippen LogP contribution in [0.25, 0.3) is 0 Å². The quantitative estimate of drug-likeness (QED) is 0.938. The lowest BCUT2D eigenvalue weighted by atomic mass is 10.0. The van der Waals surface area contributed by atoms with Gasteiger partial charge in [0.2, 0.25) is 0 Å². The second-order valence-electron chi connectivity index (χ2n) is 3.77. The summed E-state index contributed by atoms with van der Waals surface area (Å²) >= 11 is 9.32. The third-order valence-electron chi connectivity index (χ3n) is 2.60. The van der Waals surface area contributed by atoms with Gasteiger partial charge in [-0.05, 0) is 45.8 Å². The van der Waals surface area contributed by atoms with Crippen LogP contribution in [0.5, 0.6) is 5.75 Å². The molecule has 2 rings (SSSR count). The smallest absolute Gasteiger partial charge is 0.137 e. The Balaban J connectivity index is 2.33. The first-order valence-electron chi connectivity index (χ1n) is 5.32. The molecule has 0 amide bonds. The number of halogens is 2. The van der Waals surface area contributed by atoms with Gasteiger partial charge in [0, 0.05) is 10.7 Å². The van der Waals surface area contributed by atoms with Crippen molar-refractivity contribution in [2.24, 2.45) is 5.73 Å². The van der Waals surface area contributed by atoms with Gasteiger partial charge in [0.15, 0.2) is 0 Å². The van der Waals surface area contributed by atoms with Crippen molar-refractivity contribution >= 4 is 27.5 Å². The molecule has 1 heterocycles. The Morgan fingerprint density at radius 1 is 1.33 bits per heavy atom. The lowest BCUT2D eigenvalue weighted by Gasteiger charge is -2.13. The fourth-order valence-corrected chi connectivity index (χ4v) is 2.04.